The van der Waals surface area contributed by atoms with Gasteiger partial charge in [0.05, 0.1) is 12.0 Å². The number of fused-ring (bicyclic) bond motifs is 2. The highest BCUT2D eigenvalue weighted by molar-refractivity contribution is 5.93. The highest BCUT2D eigenvalue weighted by Gasteiger charge is 2.39. The predicted molar refractivity (Wildman–Crippen MR) is 145 cm³/mol. The molecule has 198 valence electrons. The Morgan fingerprint density at radius 2 is 2.00 bits per heavy atom. The van der Waals surface area contributed by atoms with Crippen molar-refractivity contribution in [2.24, 2.45) is 0 Å². The zero-order valence-electron chi connectivity index (χ0n) is 22.5. The van der Waals surface area contributed by atoms with Crippen LogP contribution in [0.15, 0.2) is 88.1 Å². The summed E-state index contributed by atoms with van der Waals surface area (Å²) in [6, 6.07) is 3.83. The lowest BCUT2D eigenvalue weighted by Crippen LogP contribution is -2.42. The first kappa shape index (κ1) is 26.9. The van der Waals surface area contributed by atoms with E-state index < -0.39 is 11.9 Å². The number of aromatic amines is 1. The number of halogens is 1. The van der Waals surface area contributed by atoms with Gasteiger partial charge in [-0.05, 0) is 63.0 Å². The molecule has 1 aromatic carbocycles. The van der Waals surface area contributed by atoms with Crippen LogP contribution in [-0.4, -0.2) is 32.3 Å². The van der Waals surface area contributed by atoms with Crippen LogP contribution in [0.2, 0.25) is 0 Å². The Morgan fingerprint density at radius 1 is 1.24 bits per heavy atom. The molecule has 1 N–H and O–H groups in total. The molecule has 1 aliphatic heterocycles. The second-order valence-corrected chi connectivity index (χ2v) is 9.48. The number of oxazole rings is 1. The summed E-state index contributed by atoms with van der Waals surface area (Å²) in [6.07, 6.45) is 10.3. The van der Waals surface area contributed by atoms with Crippen molar-refractivity contribution in [1.29, 1.82) is 0 Å². The third-order valence-corrected chi connectivity index (χ3v) is 6.33. The maximum atomic E-state index is 14.4. The quantitative estimate of drug-likeness (QED) is 0.201. The second kappa shape index (κ2) is 11.5. The number of amides is 1. The number of H-pyrrole nitrogens is 1. The van der Waals surface area contributed by atoms with Crippen LogP contribution in [0.4, 0.5) is 4.39 Å². The van der Waals surface area contributed by atoms with Crippen molar-refractivity contribution in [3.05, 3.63) is 107 Å². The lowest BCUT2D eigenvalue weighted by molar-refractivity contribution is -0.132. The fourth-order valence-corrected chi connectivity index (χ4v) is 4.48. The van der Waals surface area contributed by atoms with Crippen LogP contribution in [0.5, 0.6) is 0 Å². The van der Waals surface area contributed by atoms with Crippen LogP contribution in [-0.2, 0) is 16.0 Å². The normalized spacial score (nSPS) is 15.5. The topological polar surface area (TPSA) is 84.2 Å². The minimum atomic E-state index is -0.742. The number of imidazole rings is 1. The second-order valence-electron chi connectivity index (χ2n) is 9.48. The standard InChI is InChI=1S/C30H33FN4O3/c1-7-9-10-12-20(8-2)26(18(3)4)37-27(19(5)6)30(36)35-16-15-22-24(33-17-32-22)25(35)29-34-23-14-11-13-21(31)28(23)38-29/h7,9-14,17,25H,1,8,15-16H2,2-6H3,(H,32,33)/b10-9-,20-12+/t25-/m0/s1. The number of nitrogens with zero attached hydrogens (tertiary/aromatic N) is 3. The summed E-state index contributed by atoms with van der Waals surface area (Å²) in [5.74, 6) is 0.235. The summed E-state index contributed by atoms with van der Waals surface area (Å²) in [7, 11) is 0. The molecule has 8 heteroatoms. The Bertz CT molecular complexity index is 1480. The molecule has 0 fully saturated rings. The number of carbonyl (C=O) groups excluding carboxylic acids is 1. The summed E-state index contributed by atoms with van der Waals surface area (Å²) in [5.41, 5.74) is 4.55. The molecule has 0 unspecified atom stereocenters. The van der Waals surface area contributed by atoms with Gasteiger partial charge in [-0.25, -0.2) is 14.4 Å². The van der Waals surface area contributed by atoms with E-state index in [4.69, 9.17) is 9.15 Å². The average molecular weight is 517 g/mol. The van der Waals surface area contributed by atoms with Crippen LogP contribution < -0.4 is 0 Å². The molecule has 1 aliphatic rings. The van der Waals surface area contributed by atoms with E-state index in [0.29, 0.717) is 36.4 Å². The molecule has 0 spiro atoms. The molecule has 0 aliphatic carbocycles. The Balaban J connectivity index is 1.76. The molecular weight excluding hydrogens is 483 g/mol. The number of ether oxygens (including phenoxy) is 1. The van der Waals surface area contributed by atoms with E-state index in [1.807, 2.05) is 52.8 Å². The first-order valence-corrected chi connectivity index (χ1v) is 12.7. The molecule has 0 saturated carbocycles. The van der Waals surface area contributed by atoms with E-state index in [2.05, 4.69) is 21.5 Å². The fourth-order valence-electron chi connectivity index (χ4n) is 4.48. The van der Waals surface area contributed by atoms with E-state index in [1.165, 1.54) is 6.07 Å². The van der Waals surface area contributed by atoms with Gasteiger partial charge in [-0.15, -0.1) is 0 Å². The van der Waals surface area contributed by atoms with Gasteiger partial charge in [0.25, 0.3) is 5.91 Å². The lowest BCUT2D eigenvalue weighted by atomic mass is 10.0. The SMILES string of the molecule is C=C/C=C\C=C(/CC)C(OC(C(=O)N1CCc2[nH]cnc2[C@H]1c1nc2cccc(F)c2o1)=C(C)C)=C(C)C. The van der Waals surface area contributed by atoms with Crippen LogP contribution in [0, 0.1) is 5.82 Å². The Hall–Kier alpha value is -4.20. The number of aromatic nitrogens is 3. The largest absolute Gasteiger partial charge is 0.451 e. The smallest absolute Gasteiger partial charge is 0.290 e. The molecule has 0 bridgehead atoms. The molecule has 0 saturated heterocycles. The summed E-state index contributed by atoms with van der Waals surface area (Å²) in [5, 5.41) is 0. The molecule has 38 heavy (non-hydrogen) atoms. The number of hydrogen-bond acceptors (Lipinski definition) is 5. The van der Waals surface area contributed by atoms with Crippen LogP contribution in [0.3, 0.4) is 0 Å². The highest BCUT2D eigenvalue weighted by atomic mass is 19.1. The van der Waals surface area contributed by atoms with E-state index in [9.17, 15) is 9.18 Å². The zero-order valence-corrected chi connectivity index (χ0v) is 22.5. The van der Waals surface area contributed by atoms with Crippen molar-refractivity contribution >= 4 is 17.0 Å². The molecular formula is C30H33FN4O3. The number of rotatable bonds is 8. The molecule has 3 aromatic rings. The number of carbonyl (C=O) groups is 1. The number of benzene rings is 1. The van der Waals surface area contributed by atoms with Gasteiger partial charge in [-0.3, -0.25) is 4.79 Å². The van der Waals surface area contributed by atoms with Crippen molar-refractivity contribution in [2.45, 2.75) is 53.5 Å². The van der Waals surface area contributed by atoms with Gasteiger partial charge in [0.2, 0.25) is 5.89 Å². The Kier molecular flexibility index (Phi) is 8.10. The monoisotopic (exact) mass is 516 g/mol. The lowest BCUT2D eigenvalue weighted by Gasteiger charge is -2.34. The van der Waals surface area contributed by atoms with E-state index in [-0.39, 0.29) is 23.1 Å². The van der Waals surface area contributed by atoms with Gasteiger partial charge in [-0.2, -0.15) is 0 Å². The first-order valence-electron chi connectivity index (χ1n) is 12.7. The molecule has 7 nitrogen and oxygen atoms in total. The van der Waals surface area contributed by atoms with E-state index >= 15 is 0 Å². The Morgan fingerprint density at radius 3 is 2.66 bits per heavy atom. The van der Waals surface area contributed by atoms with Crippen molar-refractivity contribution in [1.82, 2.24) is 19.9 Å². The third-order valence-electron chi connectivity index (χ3n) is 6.33. The number of nitrogens with one attached hydrogen (secondary N) is 1. The van der Waals surface area contributed by atoms with Gasteiger partial charge < -0.3 is 19.0 Å². The third kappa shape index (κ3) is 5.25. The molecule has 4 rings (SSSR count). The van der Waals surface area contributed by atoms with E-state index in [0.717, 1.165) is 22.4 Å². The van der Waals surface area contributed by atoms with Crippen LogP contribution >= 0.6 is 0 Å². The van der Waals surface area contributed by atoms with Crippen molar-refractivity contribution in [2.75, 3.05) is 6.54 Å². The van der Waals surface area contributed by atoms with Gasteiger partial charge in [0.1, 0.15) is 11.3 Å². The maximum Gasteiger partial charge on any atom is 0.290 e. The summed E-state index contributed by atoms with van der Waals surface area (Å²) < 4.78 is 26.7. The molecule has 3 heterocycles. The van der Waals surface area contributed by atoms with Gasteiger partial charge in [0, 0.05) is 18.7 Å². The van der Waals surface area contributed by atoms with Gasteiger partial charge >= 0.3 is 0 Å². The first-order chi connectivity index (χ1) is 18.3. The number of allylic oxidation sites excluding steroid dienone is 7. The summed E-state index contributed by atoms with van der Waals surface area (Å²) in [6.45, 7) is 13.7. The number of hydrogen-bond donors (Lipinski definition) is 1. The zero-order chi connectivity index (χ0) is 27.4. The molecule has 1 amide bonds. The van der Waals surface area contributed by atoms with Crippen molar-refractivity contribution in [3.63, 3.8) is 0 Å². The Labute approximate surface area is 222 Å². The molecule has 1 atom stereocenters. The summed E-state index contributed by atoms with van der Waals surface area (Å²) in [4.78, 5) is 28.0. The van der Waals surface area contributed by atoms with Crippen LogP contribution in [0.1, 0.15) is 64.4 Å². The van der Waals surface area contributed by atoms with Crippen LogP contribution in [0.25, 0.3) is 11.1 Å². The van der Waals surface area contributed by atoms with Crippen molar-refractivity contribution < 1.29 is 18.3 Å². The fraction of sp³-hybridized carbons (Fsp3) is 0.300. The maximum absolute atomic E-state index is 14.4. The average Bonchev–Trinajstić information content (AvgIpc) is 3.54. The highest BCUT2D eigenvalue weighted by Crippen LogP contribution is 2.37. The minimum absolute atomic E-state index is 0.0494. The number of para-hydroxylation sites is 1. The molecule has 2 aromatic heterocycles. The molecule has 0 radical (unpaired) electrons. The van der Waals surface area contributed by atoms with Gasteiger partial charge in [-0.1, -0.05) is 43.9 Å². The predicted octanol–water partition coefficient (Wildman–Crippen LogP) is 6.85. The van der Waals surface area contributed by atoms with E-state index in [1.54, 1.807) is 29.4 Å². The van der Waals surface area contributed by atoms with Gasteiger partial charge in [0.15, 0.2) is 23.2 Å². The minimum Gasteiger partial charge on any atom is -0.451 e. The van der Waals surface area contributed by atoms with Crippen molar-refractivity contribution in [3.8, 4) is 0 Å². The summed E-state index contributed by atoms with van der Waals surface area (Å²) >= 11 is 0.